The highest BCUT2D eigenvalue weighted by molar-refractivity contribution is 7.16. The van der Waals surface area contributed by atoms with Crippen LogP contribution in [0.25, 0.3) is 10.3 Å². The van der Waals surface area contributed by atoms with Crippen molar-refractivity contribution in [3.8, 4) is 0 Å². The van der Waals surface area contributed by atoms with E-state index in [1.807, 2.05) is 68.4 Å². The maximum atomic E-state index is 12.7. The summed E-state index contributed by atoms with van der Waals surface area (Å²) in [5.74, 6) is -0.277. The second-order valence-electron chi connectivity index (χ2n) is 7.41. The summed E-state index contributed by atoms with van der Waals surface area (Å²) in [5, 5.41) is 11.5. The molecule has 0 atom stereocenters. The minimum atomic E-state index is -0.277. The number of carbonyl (C=O) groups excluding carboxylic acids is 1. The number of anilines is 1. The molecule has 7 nitrogen and oxygen atoms in total. The zero-order valence-electron chi connectivity index (χ0n) is 18.1. The van der Waals surface area contributed by atoms with Crippen molar-refractivity contribution in [1.82, 2.24) is 9.55 Å². The van der Waals surface area contributed by atoms with Gasteiger partial charge in [0.2, 0.25) is 5.91 Å². The molecular weight excluding hydrogens is 422 g/mol. The standard InChI is InChI=1S/C24H23N5O2S/c1-4-17-10-12-18(13-11-17)26-20(30)14-29-23-22(32-24(29)31)15(2)21(16(3)25-23)28-27-19-8-6-5-7-9-19/h5-13H,4,14H2,1-3H3,(H,26,30). The lowest BCUT2D eigenvalue weighted by Gasteiger charge is -2.08. The Kier molecular flexibility index (Phi) is 6.23. The molecular formula is C24H23N5O2S. The van der Waals surface area contributed by atoms with Crippen LogP contribution in [-0.2, 0) is 17.8 Å². The summed E-state index contributed by atoms with van der Waals surface area (Å²) in [6, 6.07) is 17.1. The first-order valence-corrected chi connectivity index (χ1v) is 11.1. The molecule has 4 aromatic rings. The van der Waals surface area contributed by atoms with Gasteiger partial charge in [0, 0.05) is 5.69 Å². The predicted molar refractivity (Wildman–Crippen MR) is 128 cm³/mol. The normalized spacial score (nSPS) is 11.3. The van der Waals surface area contributed by atoms with Gasteiger partial charge in [0.1, 0.15) is 12.2 Å². The molecule has 0 radical (unpaired) electrons. The van der Waals surface area contributed by atoms with Gasteiger partial charge in [-0.05, 0) is 55.7 Å². The number of hydrogen-bond donors (Lipinski definition) is 1. The second kappa shape index (κ2) is 9.23. The van der Waals surface area contributed by atoms with Gasteiger partial charge in [0.15, 0.2) is 5.65 Å². The van der Waals surface area contributed by atoms with E-state index in [0.717, 1.165) is 29.0 Å². The van der Waals surface area contributed by atoms with Crippen LogP contribution in [-0.4, -0.2) is 15.5 Å². The van der Waals surface area contributed by atoms with E-state index in [2.05, 4.69) is 27.5 Å². The highest BCUT2D eigenvalue weighted by Crippen LogP contribution is 2.32. The first kappa shape index (κ1) is 21.6. The number of azo groups is 1. The van der Waals surface area contributed by atoms with E-state index < -0.39 is 0 Å². The average molecular weight is 446 g/mol. The number of fused-ring (bicyclic) bond motifs is 1. The lowest BCUT2D eigenvalue weighted by molar-refractivity contribution is -0.116. The largest absolute Gasteiger partial charge is 0.325 e. The third-order valence-corrected chi connectivity index (χ3v) is 6.24. The van der Waals surface area contributed by atoms with Crippen molar-refractivity contribution in [2.45, 2.75) is 33.7 Å². The highest BCUT2D eigenvalue weighted by Gasteiger charge is 2.18. The van der Waals surface area contributed by atoms with E-state index in [4.69, 9.17) is 0 Å². The van der Waals surface area contributed by atoms with Crippen LogP contribution in [0.4, 0.5) is 17.1 Å². The molecule has 0 aliphatic rings. The summed E-state index contributed by atoms with van der Waals surface area (Å²) < 4.78 is 2.12. The van der Waals surface area contributed by atoms with Crippen molar-refractivity contribution in [3.05, 3.63) is 81.1 Å². The highest BCUT2D eigenvalue weighted by atomic mass is 32.1. The third-order valence-electron chi connectivity index (χ3n) is 5.15. The van der Waals surface area contributed by atoms with Crippen molar-refractivity contribution < 1.29 is 4.79 Å². The number of pyridine rings is 1. The molecule has 2 heterocycles. The van der Waals surface area contributed by atoms with Crippen LogP contribution in [0.3, 0.4) is 0 Å². The number of amides is 1. The molecule has 2 aromatic carbocycles. The van der Waals surface area contributed by atoms with Crippen molar-refractivity contribution in [1.29, 1.82) is 0 Å². The molecule has 0 bridgehead atoms. The molecule has 0 saturated carbocycles. The van der Waals surface area contributed by atoms with Gasteiger partial charge in [-0.2, -0.15) is 5.11 Å². The average Bonchev–Trinajstić information content (AvgIpc) is 3.10. The monoisotopic (exact) mass is 445 g/mol. The van der Waals surface area contributed by atoms with Crippen molar-refractivity contribution in [3.63, 3.8) is 0 Å². The fourth-order valence-corrected chi connectivity index (χ4v) is 4.33. The molecule has 0 aliphatic heterocycles. The minimum absolute atomic E-state index is 0.106. The number of nitrogens with one attached hydrogen (secondary N) is 1. The second-order valence-corrected chi connectivity index (χ2v) is 8.37. The van der Waals surface area contributed by atoms with Gasteiger partial charge in [0.25, 0.3) is 0 Å². The Morgan fingerprint density at radius 2 is 1.78 bits per heavy atom. The number of hydrogen-bond acceptors (Lipinski definition) is 6. The number of rotatable bonds is 6. The van der Waals surface area contributed by atoms with Gasteiger partial charge < -0.3 is 5.32 Å². The first-order chi connectivity index (χ1) is 15.5. The fraction of sp³-hybridized carbons (Fsp3) is 0.208. The molecule has 32 heavy (non-hydrogen) atoms. The first-order valence-electron chi connectivity index (χ1n) is 10.3. The number of carbonyl (C=O) groups is 1. The molecule has 0 fully saturated rings. The van der Waals surface area contributed by atoms with E-state index in [0.29, 0.717) is 27.4 Å². The topological polar surface area (TPSA) is 88.7 Å². The smallest absolute Gasteiger partial charge is 0.309 e. The third kappa shape index (κ3) is 4.50. The Morgan fingerprint density at radius 3 is 2.47 bits per heavy atom. The molecule has 4 rings (SSSR count). The maximum absolute atomic E-state index is 12.7. The molecule has 2 aromatic heterocycles. The quantitative estimate of drug-likeness (QED) is 0.387. The lowest BCUT2D eigenvalue weighted by atomic mass is 10.1. The molecule has 0 aliphatic carbocycles. The van der Waals surface area contributed by atoms with E-state index in [1.165, 1.54) is 10.1 Å². The van der Waals surface area contributed by atoms with Crippen LogP contribution >= 0.6 is 11.3 Å². The SMILES string of the molecule is CCc1ccc(NC(=O)Cn2c(=O)sc3c(C)c(N=Nc4ccccc4)c(C)nc32)cc1. The molecule has 0 spiro atoms. The molecule has 0 saturated heterocycles. The number of aromatic nitrogens is 2. The maximum Gasteiger partial charge on any atom is 0.309 e. The zero-order chi connectivity index (χ0) is 22.7. The number of aryl methyl sites for hydroxylation is 3. The summed E-state index contributed by atoms with van der Waals surface area (Å²) >= 11 is 1.07. The summed E-state index contributed by atoms with van der Waals surface area (Å²) in [7, 11) is 0. The van der Waals surface area contributed by atoms with Gasteiger partial charge in [-0.25, -0.2) is 4.98 Å². The summed E-state index contributed by atoms with van der Waals surface area (Å²) in [5.41, 5.74) is 5.23. The van der Waals surface area contributed by atoms with E-state index >= 15 is 0 Å². The molecule has 1 amide bonds. The van der Waals surface area contributed by atoms with Crippen LogP contribution in [0.1, 0.15) is 23.7 Å². The summed E-state index contributed by atoms with van der Waals surface area (Å²) in [4.78, 5) is 29.6. The van der Waals surface area contributed by atoms with Gasteiger partial charge in [-0.1, -0.05) is 48.6 Å². The summed E-state index contributed by atoms with van der Waals surface area (Å²) in [6.07, 6.45) is 0.932. The Balaban J connectivity index is 1.61. The van der Waals surface area contributed by atoms with Crippen molar-refractivity contribution >= 4 is 44.7 Å². The van der Waals surface area contributed by atoms with Crippen molar-refractivity contribution in [2.75, 3.05) is 5.32 Å². The van der Waals surface area contributed by atoms with Gasteiger partial charge in [0.05, 0.1) is 16.1 Å². The van der Waals surface area contributed by atoms with Crippen LogP contribution < -0.4 is 10.2 Å². The Morgan fingerprint density at radius 1 is 1.06 bits per heavy atom. The minimum Gasteiger partial charge on any atom is -0.325 e. The van der Waals surface area contributed by atoms with Crippen LogP contribution in [0.2, 0.25) is 0 Å². The van der Waals surface area contributed by atoms with E-state index in [1.54, 1.807) is 0 Å². The molecule has 0 unspecified atom stereocenters. The van der Waals surface area contributed by atoms with Gasteiger partial charge in [-0.15, -0.1) is 5.11 Å². The number of thiazole rings is 1. The Hall–Kier alpha value is -3.65. The number of nitrogens with zero attached hydrogens (tertiary/aromatic N) is 4. The Bertz CT molecular complexity index is 1360. The molecule has 162 valence electrons. The van der Waals surface area contributed by atoms with Gasteiger partial charge in [-0.3, -0.25) is 14.2 Å². The molecule has 1 N–H and O–H groups in total. The van der Waals surface area contributed by atoms with E-state index in [9.17, 15) is 9.59 Å². The fourth-order valence-electron chi connectivity index (χ4n) is 3.40. The number of benzene rings is 2. The predicted octanol–water partition coefficient (Wildman–Crippen LogP) is 5.69. The van der Waals surface area contributed by atoms with Crippen LogP contribution in [0.5, 0.6) is 0 Å². The van der Waals surface area contributed by atoms with Crippen LogP contribution in [0, 0.1) is 13.8 Å². The lowest BCUT2D eigenvalue weighted by Crippen LogP contribution is -2.24. The Labute approximate surface area is 189 Å². The van der Waals surface area contributed by atoms with Gasteiger partial charge >= 0.3 is 4.87 Å². The van der Waals surface area contributed by atoms with Crippen LogP contribution in [0.15, 0.2) is 69.6 Å². The summed E-state index contributed by atoms with van der Waals surface area (Å²) in [6.45, 7) is 5.69. The molecule has 8 heteroatoms. The van der Waals surface area contributed by atoms with E-state index in [-0.39, 0.29) is 17.3 Å². The van der Waals surface area contributed by atoms with Crippen molar-refractivity contribution in [2.24, 2.45) is 10.2 Å². The zero-order valence-corrected chi connectivity index (χ0v) is 18.9.